The minimum absolute atomic E-state index is 0.0963. The molecule has 2 amide bonds. The van der Waals surface area contributed by atoms with Gasteiger partial charge >= 0.3 is 0 Å². The zero-order valence-corrected chi connectivity index (χ0v) is 15.6. The summed E-state index contributed by atoms with van der Waals surface area (Å²) < 4.78 is 0. The van der Waals surface area contributed by atoms with Crippen molar-refractivity contribution in [3.05, 3.63) is 66.2 Å². The molecule has 1 saturated heterocycles. The fourth-order valence-electron chi connectivity index (χ4n) is 3.81. The van der Waals surface area contributed by atoms with Crippen LogP contribution in [-0.2, 0) is 16.0 Å². The number of carbonyl (C=O) groups excluding carboxylic acids is 2. The Bertz CT molecular complexity index is 1040. The van der Waals surface area contributed by atoms with Crippen molar-refractivity contribution in [3.8, 4) is 11.3 Å². The van der Waals surface area contributed by atoms with Crippen LogP contribution in [0, 0.1) is 0 Å². The summed E-state index contributed by atoms with van der Waals surface area (Å²) in [7, 11) is 0. The number of H-pyrrole nitrogens is 1. The van der Waals surface area contributed by atoms with Gasteiger partial charge in [0.05, 0.1) is 5.52 Å². The number of rotatable bonds is 6. The first-order valence-electron chi connectivity index (χ1n) is 9.56. The summed E-state index contributed by atoms with van der Waals surface area (Å²) in [6.45, 7) is 4.53. The first kappa shape index (κ1) is 18.0. The molecule has 0 bridgehead atoms. The van der Waals surface area contributed by atoms with E-state index in [4.69, 9.17) is 0 Å². The van der Waals surface area contributed by atoms with Crippen molar-refractivity contribution in [1.29, 1.82) is 0 Å². The predicted molar refractivity (Wildman–Crippen MR) is 112 cm³/mol. The number of benzene rings is 2. The topological polar surface area (TPSA) is 74.0 Å². The summed E-state index contributed by atoms with van der Waals surface area (Å²) >= 11 is 0. The van der Waals surface area contributed by atoms with E-state index in [1.54, 1.807) is 0 Å². The molecular weight excluding hydrogens is 350 g/mol. The number of aromatic nitrogens is 1. The lowest BCUT2D eigenvalue weighted by molar-refractivity contribution is -0.127. The summed E-state index contributed by atoms with van der Waals surface area (Å²) in [6, 6.07) is 15.8. The number of nitrogens with one attached hydrogen (secondary N) is 3. The van der Waals surface area contributed by atoms with Gasteiger partial charge in [0, 0.05) is 24.0 Å². The molecule has 1 atom stereocenters. The van der Waals surface area contributed by atoms with Gasteiger partial charge in [-0.1, -0.05) is 61.2 Å². The van der Waals surface area contributed by atoms with Crippen molar-refractivity contribution in [2.75, 3.05) is 6.54 Å². The minimum atomic E-state index is -0.406. The fraction of sp³-hybridized carbons (Fsp3) is 0.217. The number of aromatic amines is 1. The smallest absolute Gasteiger partial charge is 0.242 e. The molecule has 4 rings (SSSR count). The summed E-state index contributed by atoms with van der Waals surface area (Å²) in [5, 5.41) is 6.69. The second-order valence-corrected chi connectivity index (χ2v) is 7.02. The van der Waals surface area contributed by atoms with E-state index in [-0.39, 0.29) is 11.8 Å². The Kier molecular flexibility index (Phi) is 4.98. The summed E-state index contributed by atoms with van der Waals surface area (Å²) in [4.78, 5) is 27.7. The SMILES string of the molecule is C=Cc1cccc2c(CCC(=O)NC3CCNC3=O)c(-c3ccccc3)[nH]c12. The van der Waals surface area contributed by atoms with Crippen molar-refractivity contribution < 1.29 is 9.59 Å². The average Bonchev–Trinajstić information content (AvgIpc) is 3.30. The van der Waals surface area contributed by atoms with Crippen LogP contribution in [0.15, 0.2) is 55.1 Å². The Morgan fingerprint density at radius 1 is 1.18 bits per heavy atom. The molecule has 0 spiro atoms. The highest BCUT2D eigenvalue weighted by Crippen LogP contribution is 2.33. The maximum atomic E-state index is 12.4. The number of aryl methyl sites for hydroxylation is 1. The lowest BCUT2D eigenvalue weighted by atomic mass is 10.00. The van der Waals surface area contributed by atoms with Crippen LogP contribution in [0.3, 0.4) is 0 Å². The second kappa shape index (κ2) is 7.72. The lowest BCUT2D eigenvalue weighted by Crippen LogP contribution is -2.40. The van der Waals surface area contributed by atoms with Gasteiger partial charge in [-0.05, 0) is 29.5 Å². The molecule has 1 aliphatic rings. The molecule has 1 aliphatic heterocycles. The monoisotopic (exact) mass is 373 g/mol. The van der Waals surface area contributed by atoms with E-state index in [0.717, 1.165) is 33.3 Å². The Morgan fingerprint density at radius 2 is 2.00 bits per heavy atom. The Labute approximate surface area is 163 Å². The van der Waals surface area contributed by atoms with Crippen molar-refractivity contribution >= 4 is 28.8 Å². The van der Waals surface area contributed by atoms with E-state index in [2.05, 4.69) is 40.4 Å². The Morgan fingerprint density at radius 3 is 2.71 bits per heavy atom. The molecule has 1 aromatic heterocycles. The highest BCUT2D eigenvalue weighted by atomic mass is 16.2. The van der Waals surface area contributed by atoms with Crippen LogP contribution in [0.4, 0.5) is 0 Å². The largest absolute Gasteiger partial charge is 0.354 e. The van der Waals surface area contributed by atoms with Gasteiger partial charge in [-0.25, -0.2) is 0 Å². The van der Waals surface area contributed by atoms with Gasteiger partial charge in [0.1, 0.15) is 6.04 Å². The third-order valence-electron chi connectivity index (χ3n) is 5.24. The first-order valence-corrected chi connectivity index (χ1v) is 9.56. The number of fused-ring (bicyclic) bond motifs is 1. The van der Waals surface area contributed by atoms with Crippen LogP contribution in [0.1, 0.15) is 24.0 Å². The molecule has 2 heterocycles. The molecule has 0 saturated carbocycles. The van der Waals surface area contributed by atoms with Crippen LogP contribution < -0.4 is 10.6 Å². The van der Waals surface area contributed by atoms with E-state index in [1.165, 1.54) is 0 Å². The molecule has 1 unspecified atom stereocenters. The maximum Gasteiger partial charge on any atom is 0.242 e. The fourth-order valence-corrected chi connectivity index (χ4v) is 3.81. The van der Waals surface area contributed by atoms with E-state index < -0.39 is 6.04 Å². The van der Waals surface area contributed by atoms with Crippen molar-refractivity contribution in [2.24, 2.45) is 0 Å². The normalized spacial score (nSPS) is 16.1. The van der Waals surface area contributed by atoms with Gasteiger partial charge in [-0.3, -0.25) is 9.59 Å². The highest BCUT2D eigenvalue weighted by molar-refractivity contribution is 5.96. The number of hydrogen-bond acceptors (Lipinski definition) is 2. The Hall–Kier alpha value is -3.34. The molecule has 0 aliphatic carbocycles. The maximum absolute atomic E-state index is 12.4. The van der Waals surface area contributed by atoms with Crippen molar-refractivity contribution in [1.82, 2.24) is 15.6 Å². The number of amides is 2. The van der Waals surface area contributed by atoms with Gasteiger partial charge in [-0.15, -0.1) is 0 Å². The summed E-state index contributed by atoms with van der Waals surface area (Å²) in [6.07, 6.45) is 3.40. The molecule has 3 N–H and O–H groups in total. The second-order valence-electron chi connectivity index (χ2n) is 7.02. The summed E-state index contributed by atoms with van der Waals surface area (Å²) in [5.41, 5.74) is 5.28. The predicted octanol–water partition coefficient (Wildman–Crippen LogP) is 3.42. The number of hydrogen-bond donors (Lipinski definition) is 3. The van der Waals surface area contributed by atoms with Gasteiger partial charge in [0.25, 0.3) is 0 Å². The molecular formula is C23H23N3O2. The molecule has 1 fully saturated rings. The standard InChI is InChI=1S/C23H23N3O2/c1-2-15-9-6-10-17-18(11-12-20(27)25-19-13-14-24-23(19)28)22(26-21(15)17)16-7-4-3-5-8-16/h2-10,19,26H,1,11-14H2,(H,24,28)(H,25,27). The Balaban J connectivity index is 1.64. The zero-order chi connectivity index (χ0) is 19.5. The lowest BCUT2D eigenvalue weighted by Gasteiger charge is -2.10. The van der Waals surface area contributed by atoms with Gasteiger partial charge in [0.15, 0.2) is 0 Å². The van der Waals surface area contributed by atoms with E-state index in [1.807, 2.05) is 36.4 Å². The molecule has 5 nitrogen and oxygen atoms in total. The van der Waals surface area contributed by atoms with Gasteiger partial charge < -0.3 is 15.6 Å². The van der Waals surface area contributed by atoms with E-state index in [0.29, 0.717) is 25.8 Å². The average molecular weight is 373 g/mol. The number of carbonyl (C=O) groups is 2. The molecule has 28 heavy (non-hydrogen) atoms. The molecule has 2 aromatic carbocycles. The van der Waals surface area contributed by atoms with E-state index in [9.17, 15) is 9.59 Å². The molecule has 3 aromatic rings. The van der Waals surface area contributed by atoms with Gasteiger partial charge in [-0.2, -0.15) is 0 Å². The van der Waals surface area contributed by atoms with Gasteiger partial charge in [0.2, 0.25) is 11.8 Å². The molecule has 0 radical (unpaired) electrons. The third kappa shape index (κ3) is 3.43. The summed E-state index contributed by atoms with van der Waals surface area (Å²) in [5.74, 6) is -0.198. The van der Waals surface area contributed by atoms with Crippen molar-refractivity contribution in [3.63, 3.8) is 0 Å². The third-order valence-corrected chi connectivity index (χ3v) is 5.24. The van der Waals surface area contributed by atoms with Crippen LogP contribution in [0.5, 0.6) is 0 Å². The van der Waals surface area contributed by atoms with Crippen LogP contribution in [-0.4, -0.2) is 29.4 Å². The van der Waals surface area contributed by atoms with Crippen LogP contribution in [0.25, 0.3) is 28.2 Å². The van der Waals surface area contributed by atoms with Crippen molar-refractivity contribution in [2.45, 2.75) is 25.3 Å². The van der Waals surface area contributed by atoms with Crippen LogP contribution >= 0.6 is 0 Å². The number of para-hydroxylation sites is 1. The van der Waals surface area contributed by atoms with E-state index >= 15 is 0 Å². The molecule has 142 valence electrons. The highest BCUT2D eigenvalue weighted by Gasteiger charge is 2.25. The quantitative estimate of drug-likeness (QED) is 0.619. The molecule has 5 heteroatoms. The van der Waals surface area contributed by atoms with Crippen LogP contribution in [0.2, 0.25) is 0 Å². The zero-order valence-electron chi connectivity index (χ0n) is 15.6. The first-order chi connectivity index (χ1) is 13.7. The minimum Gasteiger partial charge on any atom is -0.354 e.